The molecule has 1 aliphatic rings. The molecule has 0 saturated heterocycles. The lowest BCUT2D eigenvalue weighted by Crippen LogP contribution is -2.38. The third kappa shape index (κ3) is 2.96. The van der Waals surface area contributed by atoms with E-state index in [-0.39, 0.29) is 0 Å². The second-order valence-electron chi connectivity index (χ2n) is 5.61. The van der Waals surface area contributed by atoms with E-state index < -0.39 is 0 Å². The van der Waals surface area contributed by atoms with E-state index in [1.165, 1.54) is 25.7 Å². The topological polar surface area (TPSA) is 35.2 Å². The van der Waals surface area contributed by atoms with Crippen molar-refractivity contribution in [3.63, 3.8) is 0 Å². The molecular formula is C12H25NO. The van der Waals surface area contributed by atoms with Crippen molar-refractivity contribution in [2.24, 2.45) is 16.6 Å². The lowest BCUT2D eigenvalue weighted by atomic mass is 9.64. The van der Waals surface area contributed by atoms with Crippen LogP contribution in [0.4, 0.5) is 0 Å². The normalized spacial score (nSPS) is 24.9. The highest BCUT2D eigenvalue weighted by Gasteiger charge is 2.36. The molecule has 2 N–H and O–H groups in total. The van der Waals surface area contributed by atoms with Gasteiger partial charge in [-0.25, -0.2) is 0 Å². The highest BCUT2D eigenvalue weighted by molar-refractivity contribution is 4.89. The first-order valence-corrected chi connectivity index (χ1v) is 5.73. The first kappa shape index (κ1) is 12.0. The van der Waals surface area contributed by atoms with Crippen molar-refractivity contribution in [3.8, 4) is 0 Å². The summed E-state index contributed by atoms with van der Waals surface area (Å²) in [5.41, 5.74) is 6.83. The van der Waals surface area contributed by atoms with Crippen LogP contribution < -0.4 is 5.73 Å². The Bertz CT molecular complexity index is 167. The summed E-state index contributed by atoms with van der Waals surface area (Å²) in [7, 11) is 1.77. The average Bonchev–Trinajstić information content (AvgIpc) is 2.18. The van der Waals surface area contributed by atoms with Crippen LogP contribution in [-0.2, 0) is 4.74 Å². The molecular weight excluding hydrogens is 174 g/mol. The molecule has 0 radical (unpaired) electrons. The van der Waals surface area contributed by atoms with Crippen molar-refractivity contribution < 1.29 is 4.74 Å². The van der Waals surface area contributed by atoms with Gasteiger partial charge in [0.15, 0.2) is 0 Å². The Labute approximate surface area is 88.2 Å². The number of nitrogens with two attached hydrogens (primary N) is 1. The van der Waals surface area contributed by atoms with Crippen molar-refractivity contribution in [2.45, 2.75) is 46.0 Å². The molecule has 1 aliphatic carbocycles. The number of hydrogen-bond acceptors (Lipinski definition) is 2. The lowest BCUT2D eigenvalue weighted by molar-refractivity contribution is 0.0669. The fourth-order valence-electron chi connectivity index (χ4n) is 2.33. The van der Waals surface area contributed by atoms with E-state index >= 15 is 0 Å². The molecule has 0 amide bonds. The predicted octanol–water partition coefficient (Wildman–Crippen LogP) is 2.57. The van der Waals surface area contributed by atoms with Crippen molar-refractivity contribution in [2.75, 3.05) is 20.3 Å². The van der Waals surface area contributed by atoms with Gasteiger partial charge in [0.05, 0.1) is 0 Å². The summed E-state index contributed by atoms with van der Waals surface area (Å²) >= 11 is 0. The van der Waals surface area contributed by atoms with Crippen LogP contribution in [0.2, 0.25) is 0 Å². The minimum Gasteiger partial charge on any atom is -0.385 e. The van der Waals surface area contributed by atoms with Gasteiger partial charge in [-0.1, -0.05) is 13.8 Å². The summed E-state index contributed by atoms with van der Waals surface area (Å²) in [6.45, 7) is 6.41. The van der Waals surface area contributed by atoms with Gasteiger partial charge in [0.1, 0.15) is 0 Å². The zero-order valence-corrected chi connectivity index (χ0v) is 9.94. The molecule has 14 heavy (non-hydrogen) atoms. The number of methoxy groups -OCH3 is 1. The summed E-state index contributed by atoms with van der Waals surface area (Å²) < 4.78 is 5.17. The standard InChI is InChI=1S/C12H25NO/c1-11(2)4-6-12(10-13,7-5-11)8-9-14-3/h4-10,13H2,1-3H3. The van der Waals surface area contributed by atoms with Crippen LogP contribution in [0, 0.1) is 10.8 Å². The third-order valence-corrected chi connectivity index (χ3v) is 3.93. The minimum absolute atomic E-state index is 0.380. The van der Waals surface area contributed by atoms with Crippen LogP contribution in [0.3, 0.4) is 0 Å². The molecule has 1 rings (SSSR count). The first-order valence-electron chi connectivity index (χ1n) is 5.73. The Kier molecular flexibility index (Phi) is 3.96. The third-order valence-electron chi connectivity index (χ3n) is 3.93. The molecule has 1 fully saturated rings. The smallest absolute Gasteiger partial charge is 0.0468 e. The Morgan fingerprint density at radius 2 is 1.71 bits per heavy atom. The van der Waals surface area contributed by atoms with E-state index in [0.717, 1.165) is 19.6 Å². The number of hydrogen-bond donors (Lipinski definition) is 1. The van der Waals surface area contributed by atoms with Crippen molar-refractivity contribution in [3.05, 3.63) is 0 Å². The van der Waals surface area contributed by atoms with Crippen LogP contribution in [0.5, 0.6) is 0 Å². The molecule has 0 heterocycles. The fourth-order valence-corrected chi connectivity index (χ4v) is 2.33. The summed E-state index contributed by atoms with van der Waals surface area (Å²) in [4.78, 5) is 0. The molecule has 1 saturated carbocycles. The van der Waals surface area contributed by atoms with Crippen molar-refractivity contribution >= 4 is 0 Å². The van der Waals surface area contributed by atoms with Gasteiger partial charge in [-0.2, -0.15) is 0 Å². The van der Waals surface area contributed by atoms with Gasteiger partial charge in [0, 0.05) is 13.7 Å². The van der Waals surface area contributed by atoms with E-state index in [9.17, 15) is 0 Å². The Hall–Kier alpha value is -0.0800. The minimum atomic E-state index is 0.380. The van der Waals surface area contributed by atoms with Gasteiger partial charge < -0.3 is 10.5 Å². The van der Waals surface area contributed by atoms with Crippen LogP contribution in [0.25, 0.3) is 0 Å². The maximum absolute atomic E-state index is 5.91. The van der Waals surface area contributed by atoms with Crippen molar-refractivity contribution in [1.29, 1.82) is 0 Å². The molecule has 0 atom stereocenters. The van der Waals surface area contributed by atoms with Crippen LogP contribution >= 0.6 is 0 Å². The second kappa shape index (κ2) is 4.63. The molecule has 0 aromatic carbocycles. The molecule has 84 valence electrons. The maximum Gasteiger partial charge on any atom is 0.0468 e. The summed E-state index contributed by atoms with van der Waals surface area (Å²) in [6, 6.07) is 0. The van der Waals surface area contributed by atoms with Crippen LogP contribution in [0.1, 0.15) is 46.0 Å². The zero-order valence-electron chi connectivity index (χ0n) is 9.94. The Balaban J connectivity index is 2.48. The monoisotopic (exact) mass is 199 g/mol. The molecule has 0 unspecified atom stereocenters. The first-order chi connectivity index (χ1) is 6.54. The zero-order chi connectivity index (χ0) is 10.7. The Morgan fingerprint density at radius 1 is 1.14 bits per heavy atom. The Morgan fingerprint density at radius 3 is 2.14 bits per heavy atom. The van der Waals surface area contributed by atoms with Gasteiger partial charge in [-0.15, -0.1) is 0 Å². The van der Waals surface area contributed by atoms with Crippen molar-refractivity contribution in [1.82, 2.24) is 0 Å². The lowest BCUT2D eigenvalue weighted by Gasteiger charge is -2.43. The molecule has 0 spiro atoms. The van der Waals surface area contributed by atoms with Gasteiger partial charge >= 0.3 is 0 Å². The fraction of sp³-hybridized carbons (Fsp3) is 1.00. The van der Waals surface area contributed by atoms with Gasteiger partial charge in [-0.05, 0) is 49.5 Å². The van der Waals surface area contributed by atoms with Gasteiger partial charge in [0.2, 0.25) is 0 Å². The predicted molar refractivity (Wildman–Crippen MR) is 60.2 cm³/mol. The summed E-state index contributed by atoms with van der Waals surface area (Å²) in [6.07, 6.45) is 6.32. The van der Waals surface area contributed by atoms with Gasteiger partial charge in [-0.3, -0.25) is 0 Å². The summed E-state index contributed by atoms with van der Waals surface area (Å²) in [5.74, 6) is 0. The molecule has 2 nitrogen and oxygen atoms in total. The van der Waals surface area contributed by atoms with E-state index in [2.05, 4.69) is 13.8 Å². The molecule has 0 aliphatic heterocycles. The number of rotatable bonds is 4. The van der Waals surface area contributed by atoms with E-state index in [0.29, 0.717) is 10.8 Å². The van der Waals surface area contributed by atoms with E-state index in [1.54, 1.807) is 7.11 Å². The molecule has 2 heteroatoms. The largest absolute Gasteiger partial charge is 0.385 e. The average molecular weight is 199 g/mol. The molecule has 0 aromatic heterocycles. The highest BCUT2D eigenvalue weighted by atomic mass is 16.5. The number of ether oxygens (including phenoxy) is 1. The van der Waals surface area contributed by atoms with E-state index in [1.807, 2.05) is 0 Å². The van der Waals surface area contributed by atoms with E-state index in [4.69, 9.17) is 10.5 Å². The second-order valence-corrected chi connectivity index (χ2v) is 5.61. The molecule has 0 bridgehead atoms. The van der Waals surface area contributed by atoms with Crippen LogP contribution in [-0.4, -0.2) is 20.3 Å². The maximum atomic E-state index is 5.91. The highest BCUT2D eigenvalue weighted by Crippen LogP contribution is 2.46. The van der Waals surface area contributed by atoms with Gasteiger partial charge in [0.25, 0.3) is 0 Å². The summed E-state index contributed by atoms with van der Waals surface area (Å²) in [5, 5.41) is 0. The molecule has 0 aromatic rings. The van der Waals surface area contributed by atoms with Crippen LogP contribution in [0.15, 0.2) is 0 Å². The SMILES string of the molecule is COCCC1(CN)CCC(C)(C)CC1. The quantitative estimate of drug-likeness (QED) is 0.755.